The SMILES string of the molecule is N[C@H]1C[C@H]1c1cccc(F)c1. The van der Waals surface area contributed by atoms with Crippen LogP contribution in [0.15, 0.2) is 24.3 Å². The molecule has 2 N–H and O–H groups in total. The minimum absolute atomic E-state index is 0.165. The van der Waals surface area contributed by atoms with Gasteiger partial charge in [-0.15, -0.1) is 0 Å². The maximum absolute atomic E-state index is 12.6. The third-order valence-corrected chi connectivity index (χ3v) is 2.12. The lowest BCUT2D eigenvalue weighted by atomic mass is 10.1. The smallest absolute Gasteiger partial charge is 0.123 e. The molecule has 0 bridgehead atoms. The molecule has 1 fully saturated rings. The molecule has 0 spiro atoms. The number of hydrogen-bond donors (Lipinski definition) is 1. The fourth-order valence-corrected chi connectivity index (χ4v) is 1.34. The number of halogens is 1. The first-order chi connectivity index (χ1) is 5.27. The summed E-state index contributed by atoms with van der Waals surface area (Å²) in [7, 11) is 0. The van der Waals surface area contributed by atoms with Crippen LogP contribution in [0.3, 0.4) is 0 Å². The van der Waals surface area contributed by atoms with E-state index < -0.39 is 0 Å². The van der Waals surface area contributed by atoms with Crippen LogP contribution in [0.25, 0.3) is 0 Å². The molecule has 2 atom stereocenters. The van der Waals surface area contributed by atoms with Crippen molar-refractivity contribution in [1.29, 1.82) is 0 Å². The van der Waals surface area contributed by atoms with Crippen molar-refractivity contribution < 1.29 is 4.39 Å². The zero-order chi connectivity index (χ0) is 7.84. The molecule has 2 rings (SSSR count). The van der Waals surface area contributed by atoms with Gasteiger partial charge in [0.1, 0.15) is 5.82 Å². The Kier molecular flexibility index (Phi) is 1.43. The molecular formula is C9H10FN. The molecule has 58 valence electrons. The molecule has 0 aliphatic heterocycles. The summed E-state index contributed by atoms with van der Waals surface area (Å²) in [5.41, 5.74) is 6.67. The van der Waals surface area contributed by atoms with Crippen molar-refractivity contribution in [3.63, 3.8) is 0 Å². The normalized spacial score (nSPS) is 28.5. The number of hydrogen-bond acceptors (Lipinski definition) is 1. The monoisotopic (exact) mass is 151 g/mol. The van der Waals surface area contributed by atoms with E-state index in [0.717, 1.165) is 12.0 Å². The number of nitrogens with two attached hydrogens (primary N) is 1. The molecule has 0 amide bonds. The Bertz CT molecular complexity index is 272. The van der Waals surface area contributed by atoms with Gasteiger partial charge < -0.3 is 5.73 Å². The molecule has 1 aromatic rings. The van der Waals surface area contributed by atoms with E-state index in [1.165, 1.54) is 6.07 Å². The average molecular weight is 151 g/mol. The summed E-state index contributed by atoms with van der Waals surface area (Å²) < 4.78 is 12.6. The second-order valence-corrected chi connectivity index (χ2v) is 3.06. The van der Waals surface area contributed by atoms with Crippen molar-refractivity contribution in [1.82, 2.24) is 0 Å². The molecule has 1 aliphatic carbocycles. The van der Waals surface area contributed by atoms with Gasteiger partial charge in [-0.25, -0.2) is 4.39 Å². The third kappa shape index (κ3) is 1.26. The molecule has 0 saturated heterocycles. The van der Waals surface area contributed by atoms with Crippen molar-refractivity contribution in [2.24, 2.45) is 5.73 Å². The van der Waals surface area contributed by atoms with Crippen LogP contribution in [0.5, 0.6) is 0 Å². The van der Waals surface area contributed by atoms with E-state index in [9.17, 15) is 4.39 Å². The van der Waals surface area contributed by atoms with E-state index in [2.05, 4.69) is 0 Å². The Hall–Kier alpha value is -0.890. The highest BCUT2D eigenvalue weighted by Crippen LogP contribution is 2.38. The summed E-state index contributed by atoms with van der Waals surface area (Å²) >= 11 is 0. The highest BCUT2D eigenvalue weighted by molar-refractivity contribution is 5.27. The van der Waals surface area contributed by atoms with Gasteiger partial charge in [-0.05, 0) is 24.1 Å². The quantitative estimate of drug-likeness (QED) is 0.648. The van der Waals surface area contributed by atoms with Gasteiger partial charge in [0, 0.05) is 12.0 Å². The summed E-state index contributed by atoms with van der Waals surface area (Å²) in [5.74, 6) is 0.243. The Morgan fingerprint density at radius 2 is 2.18 bits per heavy atom. The van der Waals surface area contributed by atoms with E-state index in [-0.39, 0.29) is 11.9 Å². The lowest BCUT2D eigenvalue weighted by Crippen LogP contribution is -2.00. The molecule has 0 unspecified atom stereocenters. The fourth-order valence-electron chi connectivity index (χ4n) is 1.34. The minimum atomic E-state index is -0.165. The van der Waals surface area contributed by atoms with Crippen LogP contribution in [-0.2, 0) is 0 Å². The second kappa shape index (κ2) is 2.31. The number of rotatable bonds is 1. The first-order valence-electron chi connectivity index (χ1n) is 3.78. The molecule has 1 saturated carbocycles. The molecule has 1 aliphatic rings. The maximum atomic E-state index is 12.6. The minimum Gasteiger partial charge on any atom is -0.327 e. The Balaban J connectivity index is 2.25. The van der Waals surface area contributed by atoms with Gasteiger partial charge >= 0.3 is 0 Å². The molecular weight excluding hydrogens is 141 g/mol. The topological polar surface area (TPSA) is 26.0 Å². The summed E-state index contributed by atoms with van der Waals surface area (Å²) in [6.07, 6.45) is 1.00. The Labute approximate surface area is 65.0 Å². The molecule has 0 heterocycles. The largest absolute Gasteiger partial charge is 0.327 e. The number of benzene rings is 1. The van der Waals surface area contributed by atoms with Crippen LogP contribution in [0.2, 0.25) is 0 Å². The van der Waals surface area contributed by atoms with Gasteiger partial charge in [0.15, 0.2) is 0 Å². The molecule has 1 nitrogen and oxygen atoms in total. The van der Waals surface area contributed by atoms with Crippen LogP contribution in [0.1, 0.15) is 17.9 Å². The van der Waals surface area contributed by atoms with E-state index in [1.807, 2.05) is 6.07 Å². The Morgan fingerprint density at radius 1 is 1.45 bits per heavy atom. The summed E-state index contributed by atoms with van der Waals surface area (Å²) in [5, 5.41) is 0. The second-order valence-electron chi connectivity index (χ2n) is 3.06. The third-order valence-electron chi connectivity index (χ3n) is 2.12. The Morgan fingerprint density at radius 3 is 2.73 bits per heavy atom. The van der Waals surface area contributed by atoms with Crippen LogP contribution < -0.4 is 5.73 Å². The standard InChI is InChI=1S/C9H10FN/c10-7-3-1-2-6(4-7)8-5-9(8)11/h1-4,8-9H,5,11H2/t8-,9-/m0/s1. The van der Waals surface area contributed by atoms with Crippen molar-refractivity contribution in [3.8, 4) is 0 Å². The zero-order valence-corrected chi connectivity index (χ0v) is 6.13. The van der Waals surface area contributed by atoms with Gasteiger partial charge in [0.05, 0.1) is 0 Å². The predicted octanol–water partition coefficient (Wildman–Crippen LogP) is 1.64. The highest BCUT2D eigenvalue weighted by Gasteiger charge is 2.34. The molecule has 1 aromatic carbocycles. The fraction of sp³-hybridized carbons (Fsp3) is 0.333. The first-order valence-corrected chi connectivity index (χ1v) is 3.78. The van der Waals surface area contributed by atoms with Crippen LogP contribution in [0.4, 0.5) is 4.39 Å². The van der Waals surface area contributed by atoms with Gasteiger partial charge in [-0.3, -0.25) is 0 Å². The lowest BCUT2D eigenvalue weighted by molar-refractivity contribution is 0.625. The average Bonchev–Trinajstić information content (AvgIpc) is 2.67. The van der Waals surface area contributed by atoms with Crippen LogP contribution in [0, 0.1) is 5.82 Å². The van der Waals surface area contributed by atoms with Gasteiger partial charge in [0.2, 0.25) is 0 Å². The molecule has 0 aromatic heterocycles. The lowest BCUT2D eigenvalue weighted by Gasteiger charge is -1.96. The molecule has 11 heavy (non-hydrogen) atoms. The zero-order valence-electron chi connectivity index (χ0n) is 6.13. The van der Waals surface area contributed by atoms with Crippen molar-refractivity contribution in [3.05, 3.63) is 35.6 Å². The van der Waals surface area contributed by atoms with Crippen LogP contribution in [-0.4, -0.2) is 6.04 Å². The van der Waals surface area contributed by atoms with Crippen LogP contribution >= 0.6 is 0 Å². The summed E-state index contributed by atoms with van der Waals surface area (Å²) in [4.78, 5) is 0. The van der Waals surface area contributed by atoms with Crippen molar-refractivity contribution in [2.45, 2.75) is 18.4 Å². The summed E-state index contributed by atoms with van der Waals surface area (Å²) in [6, 6.07) is 6.95. The van der Waals surface area contributed by atoms with E-state index >= 15 is 0 Å². The maximum Gasteiger partial charge on any atom is 0.123 e. The predicted molar refractivity (Wildman–Crippen MR) is 41.7 cm³/mol. The molecule has 2 heteroatoms. The highest BCUT2D eigenvalue weighted by atomic mass is 19.1. The van der Waals surface area contributed by atoms with E-state index in [0.29, 0.717) is 5.92 Å². The van der Waals surface area contributed by atoms with E-state index in [1.54, 1.807) is 12.1 Å². The summed E-state index contributed by atoms with van der Waals surface area (Å²) in [6.45, 7) is 0. The van der Waals surface area contributed by atoms with Crippen molar-refractivity contribution in [2.75, 3.05) is 0 Å². The van der Waals surface area contributed by atoms with E-state index in [4.69, 9.17) is 5.73 Å². The first kappa shape index (κ1) is 6.80. The van der Waals surface area contributed by atoms with Gasteiger partial charge in [0.25, 0.3) is 0 Å². The van der Waals surface area contributed by atoms with Gasteiger partial charge in [-0.1, -0.05) is 12.1 Å². The van der Waals surface area contributed by atoms with Crippen molar-refractivity contribution >= 4 is 0 Å². The molecule has 0 radical (unpaired) electrons. The van der Waals surface area contributed by atoms with Gasteiger partial charge in [-0.2, -0.15) is 0 Å².